The molecule has 1 unspecified atom stereocenters. The molecule has 2 atom stereocenters. The predicted molar refractivity (Wildman–Crippen MR) is 101 cm³/mol. The van der Waals surface area contributed by atoms with Gasteiger partial charge in [0, 0.05) is 18.8 Å². The minimum absolute atomic E-state index is 0.0450. The van der Waals surface area contributed by atoms with Crippen LogP contribution in [0, 0.1) is 17.3 Å². The van der Waals surface area contributed by atoms with Crippen LogP contribution in [-0.2, 0) is 11.0 Å². The van der Waals surface area contributed by atoms with Crippen molar-refractivity contribution < 1.29 is 22.7 Å². The van der Waals surface area contributed by atoms with Gasteiger partial charge in [-0.25, -0.2) is 4.98 Å². The van der Waals surface area contributed by atoms with Crippen molar-refractivity contribution in [3.05, 3.63) is 23.9 Å². The fourth-order valence-corrected chi connectivity index (χ4v) is 3.41. The number of hydrogen-bond acceptors (Lipinski definition) is 4. The van der Waals surface area contributed by atoms with E-state index in [1.54, 1.807) is 13.8 Å². The maximum absolute atomic E-state index is 13.1. The number of piperidine rings is 1. The number of aromatic nitrogens is 1. The van der Waals surface area contributed by atoms with Gasteiger partial charge in [0.2, 0.25) is 11.8 Å². The van der Waals surface area contributed by atoms with Gasteiger partial charge in [0.1, 0.15) is 12.2 Å². The molecule has 8 heteroatoms. The first-order valence-corrected chi connectivity index (χ1v) is 9.56. The number of likely N-dealkylation sites (tertiary alicyclic amines) is 1. The van der Waals surface area contributed by atoms with Gasteiger partial charge in [-0.05, 0) is 57.8 Å². The lowest BCUT2D eigenvalue weighted by atomic mass is 9.82. The Labute approximate surface area is 164 Å². The number of hydrogen-bond donors (Lipinski definition) is 1. The number of alkyl halides is 3. The molecule has 1 aromatic heterocycles. The lowest BCUT2D eigenvalue weighted by Crippen LogP contribution is -2.54. The smallest absolute Gasteiger partial charge is 0.421 e. The van der Waals surface area contributed by atoms with Crippen molar-refractivity contribution in [3.63, 3.8) is 0 Å². The summed E-state index contributed by atoms with van der Waals surface area (Å²) in [7, 11) is 2.07. The second-order valence-corrected chi connectivity index (χ2v) is 8.57. The fraction of sp³-hybridized carbons (Fsp3) is 0.700. The first-order valence-electron chi connectivity index (χ1n) is 9.56. The Balaban J connectivity index is 2.04. The zero-order valence-corrected chi connectivity index (χ0v) is 17.1. The molecular formula is C20H30F3N3O2. The minimum Gasteiger partial charge on any atom is -0.476 e. The zero-order valence-electron chi connectivity index (χ0n) is 17.1. The van der Waals surface area contributed by atoms with Crippen molar-refractivity contribution in [2.24, 2.45) is 17.3 Å². The Morgan fingerprint density at radius 2 is 2.07 bits per heavy atom. The van der Waals surface area contributed by atoms with E-state index in [4.69, 9.17) is 4.74 Å². The molecule has 0 saturated carbocycles. The molecule has 5 nitrogen and oxygen atoms in total. The van der Waals surface area contributed by atoms with Gasteiger partial charge in [-0.15, -0.1) is 0 Å². The lowest BCUT2D eigenvalue weighted by Gasteiger charge is -2.40. The molecular weight excluding hydrogens is 371 g/mol. The maximum Gasteiger partial charge on any atom is 0.421 e. The van der Waals surface area contributed by atoms with Crippen molar-refractivity contribution in [2.45, 2.75) is 46.3 Å². The Morgan fingerprint density at radius 1 is 1.39 bits per heavy atom. The molecule has 1 N–H and O–H groups in total. The minimum atomic E-state index is -4.56. The van der Waals surface area contributed by atoms with Crippen molar-refractivity contribution in [1.29, 1.82) is 0 Å². The number of nitrogens with zero attached hydrogens (tertiary/aromatic N) is 2. The van der Waals surface area contributed by atoms with Crippen LogP contribution in [0.1, 0.15) is 39.7 Å². The number of rotatable bonds is 6. The third kappa shape index (κ3) is 5.59. The fourth-order valence-electron chi connectivity index (χ4n) is 3.41. The molecule has 0 aromatic carbocycles. The largest absolute Gasteiger partial charge is 0.476 e. The molecule has 0 aliphatic carbocycles. The second-order valence-electron chi connectivity index (χ2n) is 8.57. The van der Waals surface area contributed by atoms with Crippen LogP contribution in [0.5, 0.6) is 5.88 Å². The third-order valence-electron chi connectivity index (χ3n) is 5.29. The highest BCUT2D eigenvalue weighted by molar-refractivity contribution is 5.82. The van der Waals surface area contributed by atoms with Gasteiger partial charge in [0.05, 0.1) is 5.41 Å². The van der Waals surface area contributed by atoms with Crippen LogP contribution in [-0.4, -0.2) is 48.6 Å². The Hall–Kier alpha value is -1.83. The molecule has 1 saturated heterocycles. The first-order chi connectivity index (χ1) is 12.9. The van der Waals surface area contributed by atoms with Crippen molar-refractivity contribution in [3.8, 4) is 5.88 Å². The standard InChI is InChI=1S/C20H30F3N3O2/c1-13(2)14-11-26(5)10-8-16(14)25-18(27)19(3,4)12-28-17-15(20(21,22)23)7-6-9-24-17/h6-7,9,13-14,16H,8,10-12H2,1-5H3,(H,25,27)/t14?,16-/m0/s1. The molecule has 0 radical (unpaired) electrons. The van der Waals surface area contributed by atoms with Crippen molar-refractivity contribution in [2.75, 3.05) is 26.7 Å². The summed E-state index contributed by atoms with van der Waals surface area (Å²) in [4.78, 5) is 18.8. The first kappa shape index (κ1) is 22.5. The van der Waals surface area contributed by atoms with Gasteiger partial charge < -0.3 is 15.0 Å². The Morgan fingerprint density at radius 3 is 2.68 bits per heavy atom. The average molecular weight is 401 g/mol. The molecule has 158 valence electrons. The van der Waals surface area contributed by atoms with E-state index in [9.17, 15) is 18.0 Å². The summed E-state index contributed by atoms with van der Waals surface area (Å²) in [6, 6.07) is 2.17. The zero-order chi connectivity index (χ0) is 21.1. The number of carbonyl (C=O) groups is 1. The van der Waals surface area contributed by atoms with Gasteiger partial charge in [0.25, 0.3) is 0 Å². The molecule has 1 amide bonds. The highest BCUT2D eigenvalue weighted by Gasteiger charge is 2.38. The highest BCUT2D eigenvalue weighted by atomic mass is 19.4. The number of amides is 1. The molecule has 1 aliphatic heterocycles. The number of ether oxygens (including phenoxy) is 1. The van der Waals surface area contributed by atoms with E-state index in [1.807, 2.05) is 0 Å². The summed E-state index contributed by atoms with van der Waals surface area (Å²) >= 11 is 0. The SMILES string of the molecule is CC(C)C1CN(C)CC[C@@H]1NC(=O)C(C)(C)COc1ncccc1C(F)(F)F. The molecule has 0 bridgehead atoms. The monoisotopic (exact) mass is 401 g/mol. The molecule has 2 heterocycles. The molecule has 1 aromatic rings. The van der Waals surface area contributed by atoms with Crippen LogP contribution in [0.4, 0.5) is 13.2 Å². The van der Waals surface area contributed by atoms with Gasteiger partial charge in [-0.3, -0.25) is 4.79 Å². The van der Waals surface area contributed by atoms with Crippen molar-refractivity contribution >= 4 is 5.91 Å². The molecule has 1 fully saturated rings. The molecule has 2 rings (SSSR count). The molecule has 28 heavy (non-hydrogen) atoms. The molecule has 0 spiro atoms. The number of pyridine rings is 1. The lowest BCUT2D eigenvalue weighted by molar-refractivity contribution is -0.139. The Bertz CT molecular complexity index is 677. The third-order valence-corrected chi connectivity index (χ3v) is 5.29. The van der Waals surface area contributed by atoms with Crippen molar-refractivity contribution in [1.82, 2.24) is 15.2 Å². The van der Waals surface area contributed by atoms with Crippen LogP contribution in [0.2, 0.25) is 0 Å². The highest BCUT2D eigenvalue weighted by Crippen LogP contribution is 2.35. The predicted octanol–water partition coefficient (Wildman–Crippen LogP) is 3.60. The van der Waals surface area contributed by atoms with Crippen LogP contribution < -0.4 is 10.1 Å². The van der Waals surface area contributed by atoms with E-state index in [0.29, 0.717) is 11.8 Å². The molecule has 1 aliphatic rings. The summed E-state index contributed by atoms with van der Waals surface area (Å²) < 4.78 is 44.6. The van der Waals surface area contributed by atoms with Crippen LogP contribution >= 0.6 is 0 Å². The quantitative estimate of drug-likeness (QED) is 0.791. The second kappa shape index (κ2) is 8.68. The maximum atomic E-state index is 13.1. The van der Waals surface area contributed by atoms with E-state index in [0.717, 1.165) is 25.6 Å². The van der Waals surface area contributed by atoms with E-state index >= 15 is 0 Å². The van der Waals surface area contributed by atoms with Gasteiger partial charge in [-0.1, -0.05) is 13.8 Å². The van der Waals surface area contributed by atoms with Gasteiger partial charge in [0.15, 0.2) is 0 Å². The topological polar surface area (TPSA) is 54.5 Å². The van der Waals surface area contributed by atoms with E-state index in [-0.39, 0.29) is 18.6 Å². The van der Waals surface area contributed by atoms with E-state index in [2.05, 4.69) is 36.1 Å². The van der Waals surface area contributed by atoms with Gasteiger partial charge >= 0.3 is 6.18 Å². The van der Waals surface area contributed by atoms with Crippen LogP contribution in [0.25, 0.3) is 0 Å². The average Bonchev–Trinajstić information content (AvgIpc) is 2.60. The summed E-state index contributed by atoms with van der Waals surface area (Å²) in [6.07, 6.45) is -2.47. The van der Waals surface area contributed by atoms with E-state index in [1.165, 1.54) is 12.3 Å². The number of halogens is 3. The summed E-state index contributed by atoms with van der Waals surface area (Å²) in [6.45, 7) is 9.21. The number of carbonyl (C=O) groups excluding carboxylic acids is 1. The van der Waals surface area contributed by atoms with Crippen LogP contribution in [0.3, 0.4) is 0 Å². The normalized spacial score (nSPS) is 21.6. The van der Waals surface area contributed by atoms with Crippen LogP contribution in [0.15, 0.2) is 18.3 Å². The van der Waals surface area contributed by atoms with Gasteiger partial charge in [-0.2, -0.15) is 13.2 Å². The summed E-state index contributed by atoms with van der Waals surface area (Å²) in [5.74, 6) is 0.00901. The summed E-state index contributed by atoms with van der Waals surface area (Å²) in [5.41, 5.74) is -1.94. The summed E-state index contributed by atoms with van der Waals surface area (Å²) in [5, 5.41) is 3.10. The Kier molecular flexibility index (Phi) is 6.96. The van der Waals surface area contributed by atoms with E-state index < -0.39 is 23.0 Å². The number of nitrogens with one attached hydrogen (secondary N) is 1.